The lowest BCUT2D eigenvalue weighted by Gasteiger charge is -2.38. The van der Waals surface area contributed by atoms with E-state index in [9.17, 15) is 0 Å². The molecule has 152 valence electrons. The number of fused-ring (bicyclic) bond motifs is 3. The van der Waals surface area contributed by atoms with E-state index in [1.54, 1.807) is 13.2 Å². The lowest BCUT2D eigenvalue weighted by Crippen LogP contribution is -2.33. The first-order chi connectivity index (χ1) is 14.5. The number of methoxy groups -OCH3 is 1. The Hall–Kier alpha value is -2.40. The maximum Gasteiger partial charge on any atom is 0.213 e. The fraction of sp³-hybridized carbons (Fsp3) is 0.174. The number of hydrazone groups is 1. The molecule has 0 N–H and O–H groups in total. The zero-order chi connectivity index (χ0) is 20.8. The van der Waals surface area contributed by atoms with Gasteiger partial charge in [-0.15, -0.1) is 0 Å². The molecule has 0 radical (unpaired) electrons. The number of nitrogens with zero attached hydrogens (tertiary/aromatic N) is 2. The van der Waals surface area contributed by atoms with Gasteiger partial charge in [0.25, 0.3) is 0 Å². The van der Waals surface area contributed by atoms with Crippen LogP contribution in [0, 0.1) is 0 Å². The quantitative estimate of drug-likeness (QED) is 0.427. The first-order valence-corrected chi connectivity index (χ1v) is 10.6. The Bertz CT molecular complexity index is 1130. The molecule has 0 saturated heterocycles. The van der Waals surface area contributed by atoms with Gasteiger partial charge in [-0.05, 0) is 54.1 Å². The van der Waals surface area contributed by atoms with Gasteiger partial charge in [-0.25, -0.2) is 5.01 Å². The van der Waals surface area contributed by atoms with E-state index in [2.05, 4.69) is 0 Å². The van der Waals surface area contributed by atoms with E-state index in [0.29, 0.717) is 27.2 Å². The lowest BCUT2D eigenvalue weighted by atomic mass is 9.96. The van der Waals surface area contributed by atoms with E-state index >= 15 is 0 Å². The molecule has 0 amide bonds. The van der Waals surface area contributed by atoms with E-state index in [1.165, 1.54) is 0 Å². The molecule has 0 unspecified atom stereocenters. The monoisotopic (exact) mass is 458 g/mol. The zero-order valence-electron chi connectivity index (χ0n) is 16.0. The Labute approximate surface area is 189 Å². The molecule has 3 aromatic rings. The molecule has 0 spiro atoms. The predicted molar refractivity (Wildman–Crippen MR) is 120 cm³/mol. The van der Waals surface area contributed by atoms with E-state index in [4.69, 9.17) is 49.4 Å². The Morgan fingerprint density at radius 3 is 2.40 bits per heavy atom. The third-order valence-corrected chi connectivity index (χ3v) is 6.14. The summed E-state index contributed by atoms with van der Waals surface area (Å²) in [4.78, 5) is 0. The minimum Gasteiger partial charge on any atom is -0.497 e. The van der Waals surface area contributed by atoms with Crippen molar-refractivity contribution in [1.29, 1.82) is 0 Å². The van der Waals surface area contributed by atoms with Crippen LogP contribution in [0.5, 0.6) is 11.5 Å². The molecule has 2 aliphatic heterocycles. The Morgan fingerprint density at radius 2 is 1.70 bits per heavy atom. The normalized spacial score (nSPS) is 19.6. The van der Waals surface area contributed by atoms with Gasteiger partial charge < -0.3 is 9.47 Å². The molecule has 0 saturated carbocycles. The molecule has 4 nitrogen and oxygen atoms in total. The molecule has 5 rings (SSSR count). The van der Waals surface area contributed by atoms with Crippen molar-refractivity contribution in [3.05, 3.63) is 92.4 Å². The van der Waals surface area contributed by atoms with Gasteiger partial charge in [0.15, 0.2) is 0 Å². The summed E-state index contributed by atoms with van der Waals surface area (Å²) in [5, 5.41) is 8.66. The molecule has 2 atom stereocenters. The average molecular weight is 460 g/mol. The third-order valence-electron chi connectivity index (χ3n) is 5.39. The molecule has 30 heavy (non-hydrogen) atoms. The van der Waals surface area contributed by atoms with Crippen LogP contribution in [0.25, 0.3) is 0 Å². The number of hydrogen-bond acceptors (Lipinski definition) is 4. The third kappa shape index (κ3) is 3.39. The molecule has 0 fully saturated rings. The molecule has 2 aliphatic rings. The Balaban J connectivity index is 1.60. The predicted octanol–water partition coefficient (Wildman–Crippen LogP) is 6.90. The molecule has 3 aromatic carbocycles. The second kappa shape index (κ2) is 7.69. The second-order valence-corrected chi connectivity index (χ2v) is 8.48. The van der Waals surface area contributed by atoms with Crippen molar-refractivity contribution < 1.29 is 9.47 Å². The Kier molecular flexibility index (Phi) is 5.02. The fourth-order valence-corrected chi connectivity index (χ4v) is 4.60. The van der Waals surface area contributed by atoms with Gasteiger partial charge in [0, 0.05) is 27.6 Å². The number of rotatable bonds is 3. The van der Waals surface area contributed by atoms with Crippen LogP contribution in [-0.2, 0) is 0 Å². The summed E-state index contributed by atoms with van der Waals surface area (Å²) in [5.74, 6) is 1.45. The average Bonchev–Trinajstić information content (AvgIpc) is 3.20. The van der Waals surface area contributed by atoms with Crippen LogP contribution in [-0.4, -0.2) is 17.8 Å². The van der Waals surface area contributed by atoms with E-state index in [-0.39, 0.29) is 6.04 Å². The van der Waals surface area contributed by atoms with Crippen LogP contribution in [0.2, 0.25) is 15.1 Å². The van der Waals surface area contributed by atoms with Gasteiger partial charge >= 0.3 is 0 Å². The second-order valence-electron chi connectivity index (χ2n) is 7.20. The lowest BCUT2D eigenvalue weighted by molar-refractivity contribution is -0.0189. The summed E-state index contributed by atoms with van der Waals surface area (Å²) in [5.41, 5.74) is 3.88. The van der Waals surface area contributed by atoms with Crippen LogP contribution in [0.3, 0.4) is 0 Å². The van der Waals surface area contributed by atoms with Crippen molar-refractivity contribution >= 4 is 40.5 Å². The summed E-state index contributed by atoms with van der Waals surface area (Å²) in [6, 6.07) is 19.1. The first-order valence-electron chi connectivity index (χ1n) is 9.45. The van der Waals surface area contributed by atoms with Crippen molar-refractivity contribution in [2.45, 2.75) is 18.7 Å². The summed E-state index contributed by atoms with van der Waals surface area (Å²) in [6.07, 6.45) is 0.290. The van der Waals surface area contributed by atoms with E-state index in [0.717, 1.165) is 28.2 Å². The highest BCUT2D eigenvalue weighted by molar-refractivity contribution is 6.35. The zero-order valence-corrected chi connectivity index (χ0v) is 18.2. The van der Waals surface area contributed by atoms with Gasteiger partial charge in [-0.2, -0.15) is 5.10 Å². The van der Waals surface area contributed by atoms with Crippen LogP contribution < -0.4 is 9.47 Å². The van der Waals surface area contributed by atoms with Crippen molar-refractivity contribution in [3.63, 3.8) is 0 Å². The van der Waals surface area contributed by atoms with Gasteiger partial charge in [0.05, 0.1) is 23.9 Å². The topological polar surface area (TPSA) is 34.1 Å². The number of halogens is 3. The first kappa shape index (κ1) is 19.6. The standard InChI is InChI=1S/C23H17Cl3N2O2/c1-29-17-8-4-13(5-9-17)20-12-21-18-10-16(25)11-19(26)22(18)30-23(28(21)27-20)14-2-6-15(24)7-3-14/h2-11,21,23H,12H2,1H3/t21-,23-/m0/s1. The highest BCUT2D eigenvalue weighted by Gasteiger charge is 2.42. The number of hydrogen-bond donors (Lipinski definition) is 0. The molecule has 0 aliphatic carbocycles. The smallest absolute Gasteiger partial charge is 0.213 e. The summed E-state index contributed by atoms with van der Waals surface area (Å²) < 4.78 is 11.6. The summed E-state index contributed by atoms with van der Waals surface area (Å²) >= 11 is 18.9. The van der Waals surface area contributed by atoms with Crippen LogP contribution in [0.15, 0.2) is 65.8 Å². The highest BCUT2D eigenvalue weighted by atomic mass is 35.5. The van der Waals surface area contributed by atoms with Crippen LogP contribution in [0.4, 0.5) is 0 Å². The number of benzene rings is 3. The molecule has 0 bridgehead atoms. The van der Waals surface area contributed by atoms with Gasteiger partial charge in [-0.3, -0.25) is 0 Å². The maximum atomic E-state index is 6.50. The number of ether oxygens (including phenoxy) is 2. The minimum atomic E-state index is -0.422. The maximum absolute atomic E-state index is 6.50. The molecular formula is C23H17Cl3N2O2. The highest BCUT2D eigenvalue weighted by Crippen LogP contribution is 2.50. The van der Waals surface area contributed by atoms with E-state index < -0.39 is 6.23 Å². The molecular weight excluding hydrogens is 443 g/mol. The van der Waals surface area contributed by atoms with Crippen molar-refractivity contribution in [3.8, 4) is 11.5 Å². The summed E-state index contributed by atoms with van der Waals surface area (Å²) in [6.45, 7) is 0. The Morgan fingerprint density at radius 1 is 0.967 bits per heavy atom. The van der Waals surface area contributed by atoms with Crippen molar-refractivity contribution in [2.75, 3.05) is 7.11 Å². The van der Waals surface area contributed by atoms with Crippen LogP contribution in [0.1, 0.15) is 35.4 Å². The van der Waals surface area contributed by atoms with Gasteiger partial charge in [-0.1, -0.05) is 46.9 Å². The molecule has 0 aromatic heterocycles. The van der Waals surface area contributed by atoms with Crippen LogP contribution >= 0.6 is 34.8 Å². The largest absolute Gasteiger partial charge is 0.497 e. The fourth-order valence-electron chi connectivity index (χ4n) is 3.92. The SMILES string of the molecule is COc1ccc(C2=NN3[C@@H](C2)c2cc(Cl)cc(Cl)c2O[C@H]3c2ccc(Cl)cc2)cc1. The van der Waals surface area contributed by atoms with Crippen molar-refractivity contribution in [1.82, 2.24) is 5.01 Å². The van der Waals surface area contributed by atoms with Gasteiger partial charge in [0.1, 0.15) is 11.5 Å². The molecule has 2 heterocycles. The van der Waals surface area contributed by atoms with Gasteiger partial charge in [0.2, 0.25) is 6.23 Å². The molecule has 7 heteroatoms. The van der Waals surface area contributed by atoms with E-state index in [1.807, 2.05) is 59.6 Å². The summed E-state index contributed by atoms with van der Waals surface area (Å²) in [7, 11) is 1.65. The van der Waals surface area contributed by atoms with Crippen molar-refractivity contribution in [2.24, 2.45) is 5.10 Å². The minimum absolute atomic E-state index is 0.0391.